The summed E-state index contributed by atoms with van der Waals surface area (Å²) in [6, 6.07) is 13.0. The number of carbonyl (C=O) groups is 2. The van der Waals surface area contributed by atoms with Gasteiger partial charge in [-0.3, -0.25) is 9.59 Å². The summed E-state index contributed by atoms with van der Waals surface area (Å²) in [7, 11) is -3.92. The van der Waals surface area contributed by atoms with Gasteiger partial charge in [-0.2, -0.15) is 4.31 Å². The lowest BCUT2D eigenvalue weighted by molar-refractivity contribution is -0.126. The van der Waals surface area contributed by atoms with Crippen LogP contribution in [0.1, 0.15) is 43.7 Å². The standard InChI is InChI=1S/C23H27N3O4S/c1-16(27)24-20-10-12-21(13-11-20)31(29,30)26-15-18-7-3-2-6-17(18)14-22(26)23(28)25-19-8-4-5-9-19/h2-3,6-7,10-13,19,22H,4-5,8-9,14-15H2,1H3,(H,24,27)(H,25,28)/t22-/m1/s1. The summed E-state index contributed by atoms with van der Waals surface area (Å²) in [6.45, 7) is 1.54. The Kier molecular flexibility index (Phi) is 6.11. The van der Waals surface area contributed by atoms with E-state index in [1.54, 1.807) is 12.1 Å². The maximum atomic E-state index is 13.5. The van der Waals surface area contributed by atoms with Crippen LogP contribution in [0.25, 0.3) is 0 Å². The number of hydrogen-bond acceptors (Lipinski definition) is 4. The van der Waals surface area contributed by atoms with Crippen LogP contribution in [-0.4, -0.2) is 36.6 Å². The van der Waals surface area contributed by atoms with Crippen molar-refractivity contribution < 1.29 is 18.0 Å². The van der Waals surface area contributed by atoms with E-state index in [1.165, 1.54) is 23.4 Å². The highest BCUT2D eigenvalue weighted by Gasteiger charge is 2.40. The molecule has 164 valence electrons. The third-order valence-corrected chi connectivity index (χ3v) is 7.86. The molecule has 0 saturated heterocycles. The molecule has 0 spiro atoms. The summed E-state index contributed by atoms with van der Waals surface area (Å²) >= 11 is 0. The molecular formula is C23H27N3O4S. The molecule has 1 saturated carbocycles. The number of amides is 2. The minimum Gasteiger partial charge on any atom is -0.352 e. The number of anilines is 1. The van der Waals surface area contributed by atoms with Gasteiger partial charge in [-0.05, 0) is 54.7 Å². The van der Waals surface area contributed by atoms with Gasteiger partial charge in [-0.15, -0.1) is 0 Å². The van der Waals surface area contributed by atoms with Crippen LogP contribution in [0.3, 0.4) is 0 Å². The highest BCUT2D eigenvalue weighted by Crippen LogP contribution is 2.30. The van der Waals surface area contributed by atoms with Crippen LogP contribution >= 0.6 is 0 Å². The zero-order valence-corrected chi connectivity index (χ0v) is 18.3. The van der Waals surface area contributed by atoms with Crippen molar-refractivity contribution >= 4 is 27.5 Å². The van der Waals surface area contributed by atoms with Gasteiger partial charge in [0.05, 0.1) is 4.90 Å². The second-order valence-electron chi connectivity index (χ2n) is 8.23. The molecule has 1 heterocycles. The molecule has 2 aromatic carbocycles. The second-order valence-corrected chi connectivity index (χ2v) is 10.1. The zero-order chi connectivity index (χ0) is 22.0. The molecule has 0 unspecified atom stereocenters. The number of fused-ring (bicyclic) bond motifs is 1. The number of rotatable bonds is 5. The van der Waals surface area contributed by atoms with Gasteiger partial charge in [-0.25, -0.2) is 8.42 Å². The Morgan fingerprint density at radius 3 is 2.26 bits per heavy atom. The molecule has 1 fully saturated rings. The smallest absolute Gasteiger partial charge is 0.244 e. The van der Waals surface area contributed by atoms with Crippen molar-refractivity contribution in [3.05, 3.63) is 59.7 Å². The molecule has 2 aromatic rings. The Hall–Kier alpha value is -2.71. The Bertz CT molecular complexity index is 1080. The normalized spacial score (nSPS) is 19.6. The molecule has 4 rings (SSSR count). The van der Waals surface area contributed by atoms with Crippen LogP contribution in [0.4, 0.5) is 5.69 Å². The Labute approximate surface area is 182 Å². The van der Waals surface area contributed by atoms with Crippen molar-refractivity contribution in [3.8, 4) is 0 Å². The summed E-state index contributed by atoms with van der Waals surface area (Å²) in [6.07, 6.45) is 4.39. The lowest BCUT2D eigenvalue weighted by Gasteiger charge is -2.35. The molecular weight excluding hydrogens is 414 g/mol. The SMILES string of the molecule is CC(=O)Nc1ccc(S(=O)(=O)N2Cc3ccccc3C[C@@H]2C(=O)NC2CCCC2)cc1. The first kappa shape index (κ1) is 21.5. The van der Waals surface area contributed by atoms with Gasteiger partial charge in [0.15, 0.2) is 0 Å². The molecule has 0 bridgehead atoms. The summed E-state index contributed by atoms with van der Waals surface area (Å²) < 4.78 is 28.4. The highest BCUT2D eigenvalue weighted by atomic mass is 32.2. The van der Waals surface area contributed by atoms with Gasteiger partial charge in [-0.1, -0.05) is 37.1 Å². The average Bonchev–Trinajstić information content (AvgIpc) is 3.25. The van der Waals surface area contributed by atoms with Crippen LogP contribution in [-0.2, 0) is 32.6 Å². The fourth-order valence-electron chi connectivity index (χ4n) is 4.39. The number of sulfonamides is 1. The number of benzene rings is 2. The molecule has 0 aromatic heterocycles. The van der Waals surface area contributed by atoms with Crippen molar-refractivity contribution in [2.45, 2.75) is 62.6 Å². The van der Waals surface area contributed by atoms with Gasteiger partial charge in [0.2, 0.25) is 21.8 Å². The molecule has 8 heteroatoms. The molecule has 31 heavy (non-hydrogen) atoms. The van der Waals surface area contributed by atoms with Crippen LogP contribution in [0, 0.1) is 0 Å². The zero-order valence-electron chi connectivity index (χ0n) is 17.5. The largest absolute Gasteiger partial charge is 0.352 e. The van der Waals surface area contributed by atoms with Crippen LogP contribution in [0.5, 0.6) is 0 Å². The second kappa shape index (κ2) is 8.80. The lowest BCUT2D eigenvalue weighted by Crippen LogP contribution is -2.53. The minimum absolute atomic E-state index is 0.0969. The number of nitrogens with zero attached hydrogens (tertiary/aromatic N) is 1. The molecule has 2 amide bonds. The third-order valence-electron chi connectivity index (χ3n) is 5.99. The monoisotopic (exact) mass is 441 g/mol. The van der Waals surface area contributed by atoms with Crippen molar-refractivity contribution in [1.29, 1.82) is 0 Å². The number of carbonyl (C=O) groups excluding carboxylic acids is 2. The molecule has 1 atom stereocenters. The van der Waals surface area contributed by atoms with Crippen molar-refractivity contribution in [1.82, 2.24) is 9.62 Å². The van der Waals surface area contributed by atoms with E-state index in [1.807, 2.05) is 24.3 Å². The number of nitrogens with one attached hydrogen (secondary N) is 2. The fourth-order valence-corrected chi connectivity index (χ4v) is 5.96. The van der Waals surface area contributed by atoms with Crippen molar-refractivity contribution in [2.24, 2.45) is 0 Å². The minimum atomic E-state index is -3.92. The quantitative estimate of drug-likeness (QED) is 0.746. The van der Waals surface area contributed by atoms with Crippen LogP contribution in [0.2, 0.25) is 0 Å². The van der Waals surface area contributed by atoms with Crippen LogP contribution < -0.4 is 10.6 Å². The Morgan fingerprint density at radius 2 is 1.61 bits per heavy atom. The average molecular weight is 442 g/mol. The molecule has 0 radical (unpaired) electrons. The van der Waals surface area contributed by atoms with Gasteiger partial charge >= 0.3 is 0 Å². The first-order valence-corrected chi connectivity index (χ1v) is 12.1. The van der Waals surface area contributed by atoms with Crippen molar-refractivity contribution in [2.75, 3.05) is 5.32 Å². The first-order valence-electron chi connectivity index (χ1n) is 10.6. The highest BCUT2D eigenvalue weighted by molar-refractivity contribution is 7.89. The number of hydrogen-bond donors (Lipinski definition) is 2. The Morgan fingerprint density at radius 1 is 0.968 bits per heavy atom. The van der Waals surface area contributed by atoms with E-state index >= 15 is 0 Å². The topological polar surface area (TPSA) is 95.6 Å². The summed E-state index contributed by atoms with van der Waals surface area (Å²) in [5.74, 6) is -0.466. The van der Waals surface area contributed by atoms with E-state index in [4.69, 9.17) is 0 Å². The van der Waals surface area contributed by atoms with Crippen LogP contribution in [0.15, 0.2) is 53.4 Å². The lowest BCUT2D eigenvalue weighted by atomic mass is 9.95. The fraction of sp³-hybridized carbons (Fsp3) is 0.391. The van der Waals surface area contributed by atoms with Gasteiger partial charge in [0, 0.05) is 25.2 Å². The van der Waals surface area contributed by atoms with Gasteiger partial charge < -0.3 is 10.6 Å². The van der Waals surface area contributed by atoms with Gasteiger partial charge in [0.25, 0.3) is 0 Å². The van der Waals surface area contributed by atoms with E-state index in [0.717, 1.165) is 36.8 Å². The first-order chi connectivity index (χ1) is 14.8. The maximum Gasteiger partial charge on any atom is 0.244 e. The summed E-state index contributed by atoms with van der Waals surface area (Å²) in [5, 5.41) is 5.70. The predicted molar refractivity (Wildman–Crippen MR) is 118 cm³/mol. The van der Waals surface area contributed by atoms with E-state index in [2.05, 4.69) is 10.6 Å². The molecule has 1 aliphatic heterocycles. The van der Waals surface area contributed by atoms with Crippen molar-refractivity contribution in [3.63, 3.8) is 0 Å². The summed E-state index contributed by atoms with van der Waals surface area (Å²) in [4.78, 5) is 24.5. The van der Waals surface area contributed by atoms with E-state index < -0.39 is 16.1 Å². The summed E-state index contributed by atoms with van der Waals surface area (Å²) in [5.41, 5.74) is 2.43. The third kappa shape index (κ3) is 4.65. The molecule has 2 aliphatic rings. The van der Waals surface area contributed by atoms with E-state index in [9.17, 15) is 18.0 Å². The van der Waals surface area contributed by atoms with E-state index in [0.29, 0.717) is 12.1 Å². The predicted octanol–water partition coefficient (Wildman–Crippen LogP) is 2.82. The van der Waals surface area contributed by atoms with Gasteiger partial charge in [0.1, 0.15) is 6.04 Å². The molecule has 2 N–H and O–H groups in total. The maximum absolute atomic E-state index is 13.5. The van der Waals surface area contributed by atoms with E-state index in [-0.39, 0.29) is 29.3 Å². The molecule has 1 aliphatic carbocycles. The Balaban J connectivity index is 1.64. The molecule has 7 nitrogen and oxygen atoms in total.